The average Bonchev–Trinajstić information content (AvgIpc) is 3.93. The van der Waals surface area contributed by atoms with Crippen molar-refractivity contribution in [1.82, 2.24) is 15.0 Å². The molecule has 0 bridgehead atoms. The predicted molar refractivity (Wildman–Crippen MR) is 268 cm³/mol. The molecule has 0 radical (unpaired) electrons. The van der Waals surface area contributed by atoms with Gasteiger partial charge in [0.2, 0.25) is 0 Å². The monoisotopic (exact) mass is 833 g/mol. The van der Waals surface area contributed by atoms with Crippen LogP contribution < -0.4 is 0 Å². The number of furan rings is 1. The predicted octanol–water partition coefficient (Wildman–Crippen LogP) is 16.4. The van der Waals surface area contributed by atoms with Gasteiger partial charge in [-0.2, -0.15) is 0 Å². The Hall–Kier alpha value is -8.25. The molecule has 0 fully saturated rings. The van der Waals surface area contributed by atoms with Crippen molar-refractivity contribution in [2.75, 3.05) is 0 Å². The average molecular weight is 834 g/mol. The molecule has 0 aliphatic carbocycles. The van der Waals surface area contributed by atoms with E-state index in [0.29, 0.717) is 17.5 Å². The first-order chi connectivity index (χ1) is 31.7. The Balaban J connectivity index is 1.03. The van der Waals surface area contributed by atoms with Gasteiger partial charge in [0.05, 0.1) is 0 Å². The standard InChI is InChI=1S/C59H35N3OS/c1-2-13-36(14-3-1)37-27-29-39(30-28-37)57-60-58(46-20-7-6-19-44(46)45-23-12-26-54-56(45)47-21-8-9-25-53(47)64-54)62-59(61-57)48-24-11-18-38-17-10-22-43(55(38)48)42-31-32-51-49(34-42)50-33-40-15-4-5-16-41(40)35-52(50)63-51/h1-35H. The number of aromatic nitrogens is 3. The summed E-state index contributed by atoms with van der Waals surface area (Å²) in [5.74, 6) is 1.84. The van der Waals surface area contributed by atoms with Crippen molar-refractivity contribution in [3.05, 3.63) is 212 Å². The maximum atomic E-state index is 6.43. The first-order valence-electron chi connectivity index (χ1n) is 21.5. The first-order valence-corrected chi connectivity index (χ1v) is 22.3. The highest BCUT2D eigenvalue weighted by Crippen LogP contribution is 2.44. The molecule has 13 aromatic rings. The van der Waals surface area contributed by atoms with E-state index in [4.69, 9.17) is 19.4 Å². The molecule has 0 aliphatic rings. The van der Waals surface area contributed by atoms with Gasteiger partial charge in [-0.1, -0.05) is 176 Å². The minimum absolute atomic E-state index is 0.612. The first kappa shape index (κ1) is 36.4. The number of hydrogen-bond donors (Lipinski definition) is 0. The van der Waals surface area contributed by atoms with Crippen LogP contribution in [0.4, 0.5) is 0 Å². The molecule has 0 N–H and O–H groups in total. The summed E-state index contributed by atoms with van der Waals surface area (Å²) >= 11 is 1.83. The third kappa shape index (κ3) is 6.01. The zero-order valence-electron chi connectivity index (χ0n) is 34.4. The summed E-state index contributed by atoms with van der Waals surface area (Å²) in [7, 11) is 0. The van der Waals surface area contributed by atoms with Gasteiger partial charge in [0, 0.05) is 53.0 Å². The molecule has 3 heterocycles. The molecule has 0 amide bonds. The van der Waals surface area contributed by atoms with Crippen molar-refractivity contribution in [1.29, 1.82) is 0 Å². The van der Waals surface area contributed by atoms with Crippen LogP contribution in [0.3, 0.4) is 0 Å². The molecule has 13 rings (SSSR count). The van der Waals surface area contributed by atoms with Crippen LogP contribution >= 0.6 is 11.3 Å². The fourth-order valence-corrected chi connectivity index (χ4v) is 10.6. The van der Waals surface area contributed by atoms with Crippen LogP contribution in [0.2, 0.25) is 0 Å². The minimum Gasteiger partial charge on any atom is -0.456 e. The van der Waals surface area contributed by atoms with E-state index in [-0.39, 0.29) is 0 Å². The molecule has 298 valence electrons. The summed E-state index contributed by atoms with van der Waals surface area (Å²) in [4.78, 5) is 16.1. The van der Waals surface area contributed by atoms with Crippen molar-refractivity contribution in [3.63, 3.8) is 0 Å². The molecule has 10 aromatic carbocycles. The van der Waals surface area contributed by atoms with Crippen LogP contribution in [-0.4, -0.2) is 15.0 Å². The van der Waals surface area contributed by atoms with Gasteiger partial charge in [0.15, 0.2) is 17.5 Å². The SMILES string of the molecule is c1ccc(-c2ccc(-c3nc(-c4ccccc4-c4cccc5sc6ccccc6c45)nc(-c4cccc5cccc(-c6ccc7oc8cc9ccccc9cc8c7c6)c45)n3)cc2)cc1. The van der Waals surface area contributed by atoms with E-state index >= 15 is 0 Å². The molecule has 0 aliphatic heterocycles. The lowest BCUT2D eigenvalue weighted by molar-refractivity contribution is 0.669. The Morgan fingerprint density at radius 1 is 0.297 bits per heavy atom. The van der Waals surface area contributed by atoms with Gasteiger partial charge in [0.1, 0.15) is 11.2 Å². The second-order valence-electron chi connectivity index (χ2n) is 16.3. The molecule has 0 saturated heterocycles. The van der Waals surface area contributed by atoms with Gasteiger partial charge in [0.25, 0.3) is 0 Å². The molecular formula is C59H35N3OS. The van der Waals surface area contributed by atoms with Crippen LogP contribution in [0.5, 0.6) is 0 Å². The number of rotatable bonds is 6. The van der Waals surface area contributed by atoms with Gasteiger partial charge >= 0.3 is 0 Å². The lowest BCUT2D eigenvalue weighted by Gasteiger charge is -2.15. The van der Waals surface area contributed by atoms with Crippen LogP contribution in [0.25, 0.3) is 131 Å². The van der Waals surface area contributed by atoms with Crippen molar-refractivity contribution in [2.24, 2.45) is 0 Å². The Labute approximate surface area is 372 Å². The molecule has 64 heavy (non-hydrogen) atoms. The Morgan fingerprint density at radius 3 is 1.70 bits per heavy atom. The molecule has 0 atom stereocenters. The summed E-state index contributed by atoms with van der Waals surface area (Å²) in [5, 5.41) is 9.22. The van der Waals surface area contributed by atoms with Gasteiger partial charge in [-0.05, 0) is 85.9 Å². The molecule has 0 unspecified atom stereocenters. The summed E-state index contributed by atoms with van der Waals surface area (Å²) in [5.41, 5.74) is 11.3. The number of benzene rings is 10. The highest BCUT2D eigenvalue weighted by atomic mass is 32.1. The van der Waals surface area contributed by atoms with Gasteiger partial charge in [-0.15, -0.1) is 11.3 Å². The smallest absolute Gasteiger partial charge is 0.164 e. The molecule has 0 saturated carbocycles. The van der Waals surface area contributed by atoms with E-state index in [0.717, 1.165) is 88.2 Å². The van der Waals surface area contributed by atoms with Crippen LogP contribution in [0.1, 0.15) is 0 Å². The minimum atomic E-state index is 0.612. The Bertz CT molecular complexity index is 3960. The van der Waals surface area contributed by atoms with E-state index in [9.17, 15) is 0 Å². The molecule has 0 spiro atoms. The van der Waals surface area contributed by atoms with E-state index in [1.165, 1.54) is 25.6 Å². The van der Waals surface area contributed by atoms with Gasteiger partial charge < -0.3 is 4.42 Å². The molecule has 5 heteroatoms. The molecule has 4 nitrogen and oxygen atoms in total. The number of hydrogen-bond acceptors (Lipinski definition) is 5. The lowest BCUT2D eigenvalue weighted by atomic mass is 9.93. The largest absolute Gasteiger partial charge is 0.456 e. The second-order valence-corrected chi connectivity index (χ2v) is 17.4. The summed E-state index contributed by atoms with van der Waals surface area (Å²) in [6, 6.07) is 75.1. The highest BCUT2D eigenvalue weighted by molar-refractivity contribution is 7.25. The van der Waals surface area contributed by atoms with Gasteiger partial charge in [-0.3, -0.25) is 0 Å². The van der Waals surface area contributed by atoms with Crippen molar-refractivity contribution < 1.29 is 4.42 Å². The fourth-order valence-electron chi connectivity index (χ4n) is 9.50. The molecular weight excluding hydrogens is 799 g/mol. The second kappa shape index (κ2) is 14.7. The summed E-state index contributed by atoms with van der Waals surface area (Å²) in [6.45, 7) is 0. The lowest BCUT2D eigenvalue weighted by Crippen LogP contribution is -2.02. The normalized spacial score (nSPS) is 11.8. The zero-order chi connectivity index (χ0) is 42.1. The maximum Gasteiger partial charge on any atom is 0.164 e. The van der Waals surface area contributed by atoms with Crippen LogP contribution in [0.15, 0.2) is 217 Å². The van der Waals surface area contributed by atoms with E-state index in [1.807, 2.05) is 17.4 Å². The number of nitrogens with zero attached hydrogens (tertiary/aromatic N) is 3. The van der Waals surface area contributed by atoms with Crippen LogP contribution in [-0.2, 0) is 0 Å². The van der Waals surface area contributed by atoms with Gasteiger partial charge in [-0.25, -0.2) is 15.0 Å². The topological polar surface area (TPSA) is 51.8 Å². The van der Waals surface area contributed by atoms with E-state index in [2.05, 4.69) is 206 Å². The van der Waals surface area contributed by atoms with Crippen molar-refractivity contribution in [2.45, 2.75) is 0 Å². The molecule has 3 aromatic heterocycles. The Morgan fingerprint density at radius 2 is 0.859 bits per heavy atom. The summed E-state index contributed by atoms with van der Waals surface area (Å²) < 4.78 is 8.95. The number of fused-ring (bicyclic) bond motifs is 8. The zero-order valence-corrected chi connectivity index (χ0v) is 35.2. The number of thiophene rings is 1. The van der Waals surface area contributed by atoms with E-state index < -0.39 is 0 Å². The summed E-state index contributed by atoms with van der Waals surface area (Å²) in [6.07, 6.45) is 0. The van der Waals surface area contributed by atoms with Crippen molar-refractivity contribution in [3.8, 4) is 67.5 Å². The van der Waals surface area contributed by atoms with E-state index in [1.54, 1.807) is 0 Å². The maximum absolute atomic E-state index is 6.43. The Kier molecular flexibility index (Phi) is 8.36. The third-order valence-electron chi connectivity index (χ3n) is 12.5. The third-order valence-corrected chi connectivity index (χ3v) is 13.7. The quantitative estimate of drug-likeness (QED) is 0.167. The highest BCUT2D eigenvalue weighted by Gasteiger charge is 2.21. The van der Waals surface area contributed by atoms with Crippen molar-refractivity contribution >= 4 is 75.0 Å². The van der Waals surface area contributed by atoms with Crippen LogP contribution in [0, 0.1) is 0 Å². The fraction of sp³-hybridized carbons (Fsp3) is 0.